The van der Waals surface area contributed by atoms with Gasteiger partial charge in [-0.15, -0.1) is 11.3 Å². The molecule has 3 heterocycles. The molecule has 4 heteroatoms. The van der Waals surface area contributed by atoms with Gasteiger partial charge in [-0.25, -0.2) is 0 Å². The summed E-state index contributed by atoms with van der Waals surface area (Å²) in [7, 11) is 0. The maximum absolute atomic E-state index is 12.8. The molecule has 0 saturated carbocycles. The van der Waals surface area contributed by atoms with Gasteiger partial charge in [-0.1, -0.05) is 18.2 Å². The van der Waals surface area contributed by atoms with Gasteiger partial charge in [0.25, 0.3) is 5.91 Å². The summed E-state index contributed by atoms with van der Waals surface area (Å²) in [6.45, 7) is 8.08. The summed E-state index contributed by atoms with van der Waals surface area (Å²) < 4.78 is 0. The Balaban J connectivity index is 1.44. The number of likely N-dealkylation sites (tertiary alicyclic amines) is 1. The second kappa shape index (κ2) is 5.68. The molecule has 0 radical (unpaired) electrons. The minimum Gasteiger partial charge on any atom is -0.371 e. The Bertz CT molecular complexity index is 710. The Morgan fingerprint density at radius 2 is 1.70 bits per heavy atom. The predicted octanol–water partition coefficient (Wildman–Crippen LogP) is 3.57. The first-order valence-corrected chi connectivity index (χ1v) is 9.10. The molecule has 23 heavy (non-hydrogen) atoms. The van der Waals surface area contributed by atoms with Gasteiger partial charge in [-0.2, -0.15) is 0 Å². The average molecular weight is 326 g/mol. The number of hydrogen-bond acceptors (Lipinski definition) is 3. The predicted molar refractivity (Wildman–Crippen MR) is 95.3 cm³/mol. The molecule has 2 aliphatic rings. The topological polar surface area (TPSA) is 23.6 Å². The summed E-state index contributed by atoms with van der Waals surface area (Å²) in [6.07, 6.45) is 0. The number of aryl methyl sites for hydroxylation is 2. The maximum Gasteiger partial charge on any atom is 0.255 e. The van der Waals surface area contributed by atoms with Crippen LogP contribution in [0.2, 0.25) is 0 Å². The molecule has 1 amide bonds. The zero-order chi connectivity index (χ0) is 16.0. The number of para-hydroxylation sites is 1. The molecule has 2 saturated heterocycles. The summed E-state index contributed by atoms with van der Waals surface area (Å²) in [6, 6.07) is 12.7. The highest BCUT2D eigenvalue weighted by molar-refractivity contribution is 7.12. The maximum atomic E-state index is 12.8. The first kappa shape index (κ1) is 14.8. The smallest absolute Gasteiger partial charge is 0.255 e. The first-order valence-electron chi connectivity index (χ1n) is 8.28. The molecule has 0 N–H and O–H groups in total. The van der Waals surface area contributed by atoms with Crippen molar-refractivity contribution in [2.75, 3.05) is 31.1 Å². The lowest BCUT2D eigenvalue weighted by Gasteiger charge is -2.23. The Morgan fingerprint density at radius 3 is 2.26 bits per heavy atom. The zero-order valence-electron chi connectivity index (χ0n) is 13.7. The number of nitrogens with zero attached hydrogens (tertiary/aromatic N) is 2. The number of thiophene rings is 1. The quantitative estimate of drug-likeness (QED) is 0.842. The highest BCUT2D eigenvalue weighted by atomic mass is 32.1. The Morgan fingerprint density at radius 1 is 1.04 bits per heavy atom. The van der Waals surface area contributed by atoms with E-state index in [1.165, 1.54) is 10.6 Å². The van der Waals surface area contributed by atoms with Crippen LogP contribution in [0.15, 0.2) is 36.4 Å². The fourth-order valence-electron chi connectivity index (χ4n) is 4.02. The summed E-state index contributed by atoms with van der Waals surface area (Å²) in [4.78, 5) is 19.7. The molecule has 0 bridgehead atoms. The third-order valence-corrected chi connectivity index (χ3v) is 6.13. The second-order valence-corrected chi connectivity index (χ2v) is 8.26. The number of anilines is 1. The minimum atomic E-state index is 0.229. The molecule has 3 nitrogen and oxygen atoms in total. The zero-order valence-corrected chi connectivity index (χ0v) is 14.5. The molecule has 4 rings (SSSR count). The largest absolute Gasteiger partial charge is 0.371 e. The van der Waals surface area contributed by atoms with Crippen molar-refractivity contribution in [3.63, 3.8) is 0 Å². The monoisotopic (exact) mass is 326 g/mol. The Labute approximate surface area is 141 Å². The Kier molecular flexibility index (Phi) is 3.64. The van der Waals surface area contributed by atoms with Crippen molar-refractivity contribution < 1.29 is 4.79 Å². The molecule has 2 atom stereocenters. The third kappa shape index (κ3) is 2.65. The number of amides is 1. The third-order valence-electron chi connectivity index (χ3n) is 5.17. The van der Waals surface area contributed by atoms with E-state index in [4.69, 9.17) is 0 Å². The average Bonchev–Trinajstić information content (AvgIpc) is 3.20. The lowest BCUT2D eigenvalue weighted by Crippen LogP contribution is -2.33. The minimum absolute atomic E-state index is 0.229. The van der Waals surface area contributed by atoms with Gasteiger partial charge in [-0.3, -0.25) is 4.79 Å². The second-order valence-electron chi connectivity index (χ2n) is 6.80. The van der Waals surface area contributed by atoms with Gasteiger partial charge in [0.05, 0.1) is 5.56 Å². The molecule has 2 fully saturated rings. The van der Waals surface area contributed by atoms with Crippen molar-refractivity contribution in [2.24, 2.45) is 11.8 Å². The van der Waals surface area contributed by atoms with Gasteiger partial charge in [0.15, 0.2) is 0 Å². The Hall–Kier alpha value is -1.81. The number of hydrogen-bond donors (Lipinski definition) is 0. The van der Waals surface area contributed by atoms with E-state index < -0.39 is 0 Å². The van der Waals surface area contributed by atoms with E-state index in [-0.39, 0.29) is 5.91 Å². The van der Waals surface area contributed by atoms with Gasteiger partial charge in [-0.05, 0) is 32.0 Å². The van der Waals surface area contributed by atoms with E-state index in [1.54, 1.807) is 11.3 Å². The standard InChI is InChI=1S/C19H22N2OS/c1-13-8-18(14(2)23-13)19(22)21-11-15-9-20(10-16(15)12-21)17-6-4-3-5-7-17/h3-8,15-16H,9-12H2,1-2H3. The number of benzene rings is 1. The molecule has 1 aromatic heterocycles. The van der Waals surface area contributed by atoms with E-state index in [2.05, 4.69) is 54.0 Å². The van der Waals surface area contributed by atoms with Crippen LogP contribution < -0.4 is 4.90 Å². The molecule has 1 aromatic carbocycles. The highest BCUT2D eigenvalue weighted by Gasteiger charge is 2.42. The molecule has 2 unspecified atom stereocenters. The van der Waals surface area contributed by atoms with Crippen LogP contribution in [0.5, 0.6) is 0 Å². The molecule has 0 aliphatic carbocycles. The first-order chi connectivity index (χ1) is 11.1. The van der Waals surface area contributed by atoms with Crippen molar-refractivity contribution in [1.29, 1.82) is 0 Å². The van der Waals surface area contributed by atoms with E-state index in [1.807, 2.05) is 6.07 Å². The van der Waals surface area contributed by atoms with Gasteiger partial charge in [0.2, 0.25) is 0 Å². The molecule has 0 spiro atoms. The summed E-state index contributed by atoms with van der Waals surface area (Å²) >= 11 is 1.72. The van der Waals surface area contributed by atoms with Crippen LogP contribution in [0, 0.1) is 25.7 Å². The summed E-state index contributed by atoms with van der Waals surface area (Å²) in [5.41, 5.74) is 2.22. The van der Waals surface area contributed by atoms with Gasteiger partial charge >= 0.3 is 0 Å². The van der Waals surface area contributed by atoms with Crippen LogP contribution in [0.4, 0.5) is 5.69 Å². The van der Waals surface area contributed by atoms with E-state index in [0.717, 1.165) is 36.6 Å². The van der Waals surface area contributed by atoms with Crippen molar-refractivity contribution in [1.82, 2.24) is 4.90 Å². The van der Waals surface area contributed by atoms with Crippen molar-refractivity contribution in [3.8, 4) is 0 Å². The van der Waals surface area contributed by atoms with Gasteiger partial charge in [0, 0.05) is 53.5 Å². The molecular weight excluding hydrogens is 304 g/mol. The fourth-order valence-corrected chi connectivity index (χ4v) is 4.94. The van der Waals surface area contributed by atoms with Crippen LogP contribution in [0.3, 0.4) is 0 Å². The number of carbonyl (C=O) groups is 1. The summed E-state index contributed by atoms with van der Waals surface area (Å²) in [5, 5.41) is 0. The summed E-state index contributed by atoms with van der Waals surface area (Å²) in [5.74, 6) is 1.45. The van der Waals surface area contributed by atoms with E-state index in [9.17, 15) is 4.79 Å². The van der Waals surface area contributed by atoms with Gasteiger partial charge < -0.3 is 9.80 Å². The lowest BCUT2D eigenvalue weighted by molar-refractivity contribution is 0.0782. The van der Waals surface area contributed by atoms with E-state index >= 15 is 0 Å². The molecule has 2 aromatic rings. The molecule has 120 valence electrons. The molecule has 2 aliphatic heterocycles. The SMILES string of the molecule is Cc1cc(C(=O)N2CC3CN(c4ccccc4)CC3C2)c(C)s1. The van der Waals surface area contributed by atoms with Crippen LogP contribution >= 0.6 is 11.3 Å². The lowest BCUT2D eigenvalue weighted by atomic mass is 10.0. The van der Waals surface area contributed by atoms with Crippen LogP contribution in [0.1, 0.15) is 20.1 Å². The molecular formula is C19H22N2OS. The van der Waals surface area contributed by atoms with E-state index in [0.29, 0.717) is 11.8 Å². The number of fused-ring (bicyclic) bond motifs is 1. The number of rotatable bonds is 2. The van der Waals surface area contributed by atoms with Crippen molar-refractivity contribution >= 4 is 22.9 Å². The van der Waals surface area contributed by atoms with Crippen LogP contribution in [0.25, 0.3) is 0 Å². The number of carbonyl (C=O) groups excluding carboxylic acids is 1. The highest BCUT2D eigenvalue weighted by Crippen LogP contribution is 2.35. The van der Waals surface area contributed by atoms with Crippen LogP contribution in [-0.4, -0.2) is 37.0 Å². The van der Waals surface area contributed by atoms with Crippen LogP contribution in [-0.2, 0) is 0 Å². The fraction of sp³-hybridized carbons (Fsp3) is 0.421. The van der Waals surface area contributed by atoms with Gasteiger partial charge in [0.1, 0.15) is 0 Å². The van der Waals surface area contributed by atoms with Crippen molar-refractivity contribution in [2.45, 2.75) is 13.8 Å². The normalized spacial score (nSPS) is 23.4. The van der Waals surface area contributed by atoms with Crippen molar-refractivity contribution in [3.05, 3.63) is 51.7 Å².